The third-order valence-corrected chi connectivity index (χ3v) is 6.08. The Morgan fingerprint density at radius 1 is 0.912 bits per heavy atom. The van der Waals surface area contributed by atoms with E-state index >= 15 is 0 Å². The summed E-state index contributed by atoms with van der Waals surface area (Å²) in [5, 5.41) is -0.307. The molecule has 0 N–H and O–H groups in total. The molecular weight excluding hydrogens is 450 g/mol. The average Bonchev–Trinajstić information content (AvgIpc) is 3.11. The van der Waals surface area contributed by atoms with Crippen LogP contribution in [0.25, 0.3) is 6.08 Å². The van der Waals surface area contributed by atoms with Gasteiger partial charge >= 0.3 is 0 Å². The van der Waals surface area contributed by atoms with E-state index in [9.17, 15) is 9.59 Å². The molecule has 1 aliphatic heterocycles. The first kappa shape index (κ1) is 23.4. The highest BCUT2D eigenvalue weighted by molar-refractivity contribution is 8.18. The number of nitrogens with zero attached hydrogens (tertiary/aromatic N) is 1. The molecule has 34 heavy (non-hydrogen) atoms. The Balaban J connectivity index is 1.39. The van der Waals surface area contributed by atoms with E-state index in [0.717, 1.165) is 28.5 Å². The fourth-order valence-electron chi connectivity index (χ4n) is 3.43. The van der Waals surface area contributed by atoms with Crippen molar-refractivity contribution in [1.82, 2.24) is 4.90 Å². The number of imide groups is 1. The summed E-state index contributed by atoms with van der Waals surface area (Å²) in [7, 11) is 1.57. The summed E-state index contributed by atoms with van der Waals surface area (Å²) in [5.74, 6) is 1.54. The van der Waals surface area contributed by atoms with Crippen molar-refractivity contribution in [3.63, 3.8) is 0 Å². The maximum atomic E-state index is 12.8. The number of ether oxygens (including phenoxy) is 3. The lowest BCUT2D eigenvalue weighted by molar-refractivity contribution is -0.123. The summed E-state index contributed by atoms with van der Waals surface area (Å²) >= 11 is 0.921. The van der Waals surface area contributed by atoms with Gasteiger partial charge in [-0.15, -0.1) is 0 Å². The van der Waals surface area contributed by atoms with Crippen LogP contribution in [0, 0.1) is 6.92 Å². The summed E-state index contributed by atoms with van der Waals surface area (Å²) in [6, 6.07) is 22.9. The lowest BCUT2D eigenvalue weighted by Gasteiger charge is -2.13. The van der Waals surface area contributed by atoms with E-state index in [2.05, 4.69) is 0 Å². The van der Waals surface area contributed by atoms with E-state index in [1.807, 2.05) is 67.6 Å². The summed E-state index contributed by atoms with van der Waals surface area (Å²) in [4.78, 5) is 26.8. The number of rotatable bonds is 9. The molecule has 4 rings (SSSR count). The molecular formula is C27H25NO5S. The fraction of sp³-hybridized carbons (Fsp3) is 0.185. The Labute approximate surface area is 203 Å². The molecule has 174 valence electrons. The lowest BCUT2D eigenvalue weighted by atomic mass is 10.1. The van der Waals surface area contributed by atoms with Crippen LogP contribution in [0.2, 0.25) is 0 Å². The minimum atomic E-state index is -0.328. The molecule has 0 saturated carbocycles. The molecule has 3 aromatic rings. The topological polar surface area (TPSA) is 65.1 Å². The quantitative estimate of drug-likeness (QED) is 0.370. The minimum absolute atomic E-state index is 0.186. The van der Waals surface area contributed by atoms with Crippen LogP contribution in [0.5, 0.6) is 17.2 Å². The minimum Gasteiger partial charge on any atom is -0.493 e. The molecule has 0 spiro atoms. The number of hydrogen-bond donors (Lipinski definition) is 0. The predicted molar refractivity (Wildman–Crippen MR) is 133 cm³/mol. The number of carbonyl (C=O) groups is 2. The monoisotopic (exact) mass is 475 g/mol. The molecule has 7 heteroatoms. The highest BCUT2D eigenvalue weighted by Crippen LogP contribution is 2.34. The van der Waals surface area contributed by atoms with Crippen LogP contribution in [0.3, 0.4) is 0 Å². The third kappa shape index (κ3) is 5.80. The van der Waals surface area contributed by atoms with Crippen molar-refractivity contribution in [2.75, 3.05) is 20.3 Å². The van der Waals surface area contributed by atoms with Crippen molar-refractivity contribution >= 4 is 29.0 Å². The largest absolute Gasteiger partial charge is 0.493 e. The van der Waals surface area contributed by atoms with E-state index in [1.54, 1.807) is 25.3 Å². The Hall–Kier alpha value is -3.71. The number of carbonyl (C=O) groups excluding carboxylic acids is 2. The molecule has 1 aliphatic rings. The molecule has 0 atom stereocenters. The first-order valence-corrected chi connectivity index (χ1v) is 11.6. The van der Waals surface area contributed by atoms with Gasteiger partial charge in [0.25, 0.3) is 11.1 Å². The number of benzene rings is 3. The van der Waals surface area contributed by atoms with E-state index in [4.69, 9.17) is 14.2 Å². The Morgan fingerprint density at radius 2 is 1.74 bits per heavy atom. The van der Waals surface area contributed by atoms with Crippen molar-refractivity contribution in [2.24, 2.45) is 0 Å². The number of amides is 2. The molecule has 0 aliphatic carbocycles. The molecule has 3 aromatic carbocycles. The van der Waals surface area contributed by atoms with Gasteiger partial charge in [0.2, 0.25) is 0 Å². The second-order valence-electron chi connectivity index (χ2n) is 7.68. The molecule has 2 amide bonds. The number of methoxy groups -OCH3 is 1. The summed E-state index contributed by atoms with van der Waals surface area (Å²) in [6.45, 7) is 2.81. The molecule has 0 bridgehead atoms. The smallest absolute Gasteiger partial charge is 0.293 e. The Kier molecular flexibility index (Phi) is 7.54. The summed E-state index contributed by atoms with van der Waals surface area (Å²) in [6.07, 6.45) is 1.69. The third-order valence-electron chi connectivity index (χ3n) is 5.17. The summed E-state index contributed by atoms with van der Waals surface area (Å²) < 4.78 is 17.1. The van der Waals surface area contributed by atoms with Crippen molar-refractivity contribution < 1.29 is 23.8 Å². The highest BCUT2D eigenvalue weighted by atomic mass is 32.2. The van der Waals surface area contributed by atoms with Crippen molar-refractivity contribution in [2.45, 2.75) is 13.5 Å². The SMILES string of the molecule is COc1cc(/C=C2\SC(=O)N(CCOc3cccc(C)c3)C2=O)ccc1OCc1ccccc1. The predicted octanol–water partition coefficient (Wildman–Crippen LogP) is 5.70. The molecule has 1 saturated heterocycles. The zero-order valence-corrected chi connectivity index (χ0v) is 19.8. The van der Waals surface area contributed by atoms with Gasteiger partial charge < -0.3 is 14.2 Å². The van der Waals surface area contributed by atoms with E-state index in [1.165, 1.54) is 4.90 Å². The highest BCUT2D eigenvalue weighted by Gasteiger charge is 2.34. The van der Waals surface area contributed by atoms with Crippen LogP contribution >= 0.6 is 11.8 Å². The van der Waals surface area contributed by atoms with Gasteiger partial charge in [0.1, 0.15) is 19.0 Å². The van der Waals surface area contributed by atoms with E-state index in [-0.39, 0.29) is 24.3 Å². The second kappa shape index (κ2) is 10.9. The van der Waals surface area contributed by atoms with Crippen LogP contribution in [-0.4, -0.2) is 36.3 Å². The van der Waals surface area contributed by atoms with Gasteiger partial charge in [0.15, 0.2) is 11.5 Å². The van der Waals surface area contributed by atoms with Gasteiger partial charge in [-0.2, -0.15) is 0 Å². The molecule has 0 radical (unpaired) electrons. The van der Waals surface area contributed by atoms with Gasteiger partial charge in [-0.1, -0.05) is 48.5 Å². The normalized spacial score (nSPS) is 14.5. The summed E-state index contributed by atoms with van der Waals surface area (Å²) in [5.41, 5.74) is 2.87. The van der Waals surface area contributed by atoms with Crippen LogP contribution in [0.1, 0.15) is 16.7 Å². The maximum absolute atomic E-state index is 12.8. The van der Waals surface area contributed by atoms with Crippen LogP contribution in [-0.2, 0) is 11.4 Å². The fourth-order valence-corrected chi connectivity index (χ4v) is 4.30. The Morgan fingerprint density at radius 3 is 2.50 bits per heavy atom. The average molecular weight is 476 g/mol. The van der Waals surface area contributed by atoms with Crippen LogP contribution in [0.15, 0.2) is 77.7 Å². The number of thioether (sulfide) groups is 1. The van der Waals surface area contributed by atoms with E-state index < -0.39 is 0 Å². The Bertz CT molecular complexity index is 1210. The van der Waals surface area contributed by atoms with Gasteiger partial charge in [0.05, 0.1) is 18.6 Å². The van der Waals surface area contributed by atoms with Crippen molar-refractivity contribution in [1.29, 1.82) is 0 Å². The zero-order chi connectivity index (χ0) is 23.9. The number of hydrogen-bond acceptors (Lipinski definition) is 6. The van der Waals surface area contributed by atoms with Crippen molar-refractivity contribution in [3.05, 3.63) is 94.4 Å². The molecule has 0 unspecified atom stereocenters. The number of aryl methyl sites for hydroxylation is 1. The maximum Gasteiger partial charge on any atom is 0.293 e. The van der Waals surface area contributed by atoms with Gasteiger partial charge in [-0.3, -0.25) is 14.5 Å². The molecule has 6 nitrogen and oxygen atoms in total. The van der Waals surface area contributed by atoms with Gasteiger partial charge in [-0.05, 0) is 65.7 Å². The molecule has 0 aromatic heterocycles. The standard InChI is InChI=1S/C27H25NO5S/c1-19-7-6-10-22(15-19)32-14-13-28-26(29)25(34-27(28)30)17-21-11-12-23(24(16-21)31-2)33-18-20-8-4-3-5-9-20/h3-12,15-17H,13-14,18H2,1-2H3/b25-17-. The second-order valence-corrected chi connectivity index (χ2v) is 8.68. The van der Waals surface area contributed by atoms with Gasteiger partial charge in [-0.25, -0.2) is 0 Å². The van der Waals surface area contributed by atoms with Crippen LogP contribution in [0.4, 0.5) is 4.79 Å². The molecule has 1 fully saturated rings. The first-order valence-electron chi connectivity index (χ1n) is 10.8. The first-order chi connectivity index (χ1) is 16.5. The molecule has 1 heterocycles. The zero-order valence-electron chi connectivity index (χ0n) is 19.0. The van der Waals surface area contributed by atoms with Crippen LogP contribution < -0.4 is 14.2 Å². The van der Waals surface area contributed by atoms with E-state index in [0.29, 0.717) is 28.8 Å². The van der Waals surface area contributed by atoms with Crippen molar-refractivity contribution in [3.8, 4) is 17.2 Å². The lowest BCUT2D eigenvalue weighted by Crippen LogP contribution is -2.32. The van der Waals surface area contributed by atoms with Gasteiger partial charge in [0, 0.05) is 0 Å².